The first-order chi connectivity index (χ1) is 7.86. The summed E-state index contributed by atoms with van der Waals surface area (Å²) in [5, 5.41) is 0. The largest absolute Gasteiger partial charge is 0.298 e. The van der Waals surface area contributed by atoms with Gasteiger partial charge in [-0.15, -0.1) is 0 Å². The van der Waals surface area contributed by atoms with Crippen molar-refractivity contribution >= 4 is 17.8 Å². The van der Waals surface area contributed by atoms with Gasteiger partial charge in [-0.25, -0.2) is 0 Å². The van der Waals surface area contributed by atoms with Gasteiger partial charge in [0, 0.05) is 18.0 Å². The maximum Gasteiger partial charge on any atom is 0.267 e. The van der Waals surface area contributed by atoms with E-state index in [1.54, 1.807) is 12.4 Å². The number of aliphatic imine (C=N–C) groups is 1. The minimum atomic E-state index is -0.124. The fraction of sp³-hybridized carbons (Fsp3) is 0.167. The number of anilines is 1. The Morgan fingerprint density at radius 1 is 1.25 bits per heavy atom. The first-order valence-electron chi connectivity index (χ1n) is 5.18. The van der Waals surface area contributed by atoms with E-state index >= 15 is 0 Å². The molecule has 0 unspecified atom stereocenters. The molecule has 0 spiro atoms. The average molecular weight is 215 g/mol. The highest BCUT2D eigenvalue weighted by Crippen LogP contribution is 2.09. The number of rotatable bonds is 3. The summed E-state index contributed by atoms with van der Waals surface area (Å²) in [6, 6.07) is 9.49. The Labute approximate surface area is 94.1 Å². The highest BCUT2D eigenvalue weighted by Gasteiger charge is 2.09. The standard InChI is InChI=1S/C12H13N3O/c16-12(10-5-4-8-13-9-10)15-14-11-6-2-1-3-7-11/h1-3,6-9,14H,4-5H2,(H,15,16). The number of para-hydroxylation sites is 1. The van der Waals surface area contributed by atoms with Gasteiger partial charge in [-0.3, -0.25) is 20.6 Å². The molecule has 0 saturated carbocycles. The highest BCUT2D eigenvalue weighted by atomic mass is 16.2. The molecule has 1 aliphatic heterocycles. The number of hydrazine groups is 1. The summed E-state index contributed by atoms with van der Waals surface area (Å²) in [7, 11) is 0. The zero-order valence-corrected chi connectivity index (χ0v) is 8.81. The molecule has 0 saturated heterocycles. The van der Waals surface area contributed by atoms with Crippen LogP contribution < -0.4 is 10.9 Å². The lowest BCUT2D eigenvalue weighted by atomic mass is 10.1. The van der Waals surface area contributed by atoms with E-state index in [9.17, 15) is 4.79 Å². The van der Waals surface area contributed by atoms with E-state index in [1.165, 1.54) is 0 Å². The molecular weight excluding hydrogens is 202 g/mol. The van der Waals surface area contributed by atoms with Crippen LogP contribution in [0.1, 0.15) is 12.8 Å². The van der Waals surface area contributed by atoms with Gasteiger partial charge < -0.3 is 0 Å². The van der Waals surface area contributed by atoms with Gasteiger partial charge in [0.15, 0.2) is 0 Å². The van der Waals surface area contributed by atoms with Crippen LogP contribution in [0.4, 0.5) is 5.69 Å². The van der Waals surface area contributed by atoms with Crippen molar-refractivity contribution in [3.05, 3.63) is 42.1 Å². The van der Waals surface area contributed by atoms with Crippen LogP contribution in [0.25, 0.3) is 0 Å². The lowest BCUT2D eigenvalue weighted by Gasteiger charge is -2.11. The van der Waals surface area contributed by atoms with E-state index in [-0.39, 0.29) is 5.91 Å². The number of hydrogen-bond donors (Lipinski definition) is 2. The van der Waals surface area contributed by atoms with Gasteiger partial charge in [0.05, 0.1) is 5.69 Å². The van der Waals surface area contributed by atoms with Gasteiger partial charge >= 0.3 is 0 Å². The second-order valence-electron chi connectivity index (χ2n) is 3.47. The average Bonchev–Trinajstić information content (AvgIpc) is 2.38. The first-order valence-corrected chi connectivity index (χ1v) is 5.18. The molecule has 1 aromatic rings. The molecule has 1 aromatic carbocycles. The van der Waals surface area contributed by atoms with Gasteiger partial charge in [-0.05, 0) is 25.0 Å². The van der Waals surface area contributed by atoms with E-state index in [0.717, 1.165) is 18.5 Å². The topological polar surface area (TPSA) is 53.5 Å². The molecule has 1 aliphatic rings. The van der Waals surface area contributed by atoms with Crippen molar-refractivity contribution in [2.24, 2.45) is 4.99 Å². The van der Waals surface area contributed by atoms with Crippen LogP contribution in [0.3, 0.4) is 0 Å². The van der Waals surface area contributed by atoms with Crippen molar-refractivity contribution in [3.63, 3.8) is 0 Å². The molecule has 16 heavy (non-hydrogen) atoms. The number of benzene rings is 1. The van der Waals surface area contributed by atoms with Crippen LogP contribution >= 0.6 is 0 Å². The summed E-state index contributed by atoms with van der Waals surface area (Å²) >= 11 is 0. The normalized spacial score (nSPS) is 14.1. The number of carbonyl (C=O) groups excluding carboxylic acids is 1. The molecule has 0 aliphatic carbocycles. The summed E-state index contributed by atoms with van der Waals surface area (Å²) in [5.74, 6) is -0.124. The zero-order chi connectivity index (χ0) is 11.2. The highest BCUT2D eigenvalue weighted by molar-refractivity contribution is 5.95. The van der Waals surface area contributed by atoms with Crippen LogP contribution in [0.2, 0.25) is 0 Å². The lowest BCUT2D eigenvalue weighted by molar-refractivity contribution is -0.117. The summed E-state index contributed by atoms with van der Waals surface area (Å²) in [6.07, 6.45) is 4.98. The van der Waals surface area contributed by atoms with Crippen LogP contribution in [0.15, 0.2) is 47.1 Å². The van der Waals surface area contributed by atoms with Crippen LogP contribution in [0.5, 0.6) is 0 Å². The molecule has 82 valence electrons. The van der Waals surface area contributed by atoms with Gasteiger partial charge in [0.1, 0.15) is 0 Å². The third-order valence-electron chi connectivity index (χ3n) is 2.26. The van der Waals surface area contributed by atoms with Gasteiger partial charge in [0.2, 0.25) is 0 Å². The summed E-state index contributed by atoms with van der Waals surface area (Å²) in [4.78, 5) is 15.6. The van der Waals surface area contributed by atoms with Crippen LogP contribution in [-0.2, 0) is 4.79 Å². The zero-order valence-electron chi connectivity index (χ0n) is 8.81. The quantitative estimate of drug-likeness (QED) is 0.756. The molecule has 1 heterocycles. The molecule has 1 amide bonds. The van der Waals surface area contributed by atoms with E-state index < -0.39 is 0 Å². The Morgan fingerprint density at radius 2 is 2.06 bits per heavy atom. The van der Waals surface area contributed by atoms with E-state index in [4.69, 9.17) is 0 Å². The number of hydrogen-bond acceptors (Lipinski definition) is 3. The maximum absolute atomic E-state index is 11.7. The Morgan fingerprint density at radius 3 is 2.75 bits per heavy atom. The van der Waals surface area contributed by atoms with E-state index in [2.05, 4.69) is 15.8 Å². The molecule has 0 bridgehead atoms. The molecule has 0 atom stereocenters. The SMILES string of the molecule is O=C(NNc1ccccc1)C1=CN=CCC1. The fourth-order valence-electron chi connectivity index (χ4n) is 1.40. The van der Waals surface area contributed by atoms with Crippen molar-refractivity contribution in [3.8, 4) is 0 Å². The van der Waals surface area contributed by atoms with Crippen molar-refractivity contribution < 1.29 is 4.79 Å². The second kappa shape index (κ2) is 5.11. The van der Waals surface area contributed by atoms with Crippen molar-refractivity contribution in [1.29, 1.82) is 0 Å². The van der Waals surface area contributed by atoms with Crippen LogP contribution in [-0.4, -0.2) is 12.1 Å². The number of nitrogens with one attached hydrogen (secondary N) is 2. The number of amides is 1. The Kier molecular flexibility index (Phi) is 3.33. The first kappa shape index (κ1) is 10.4. The summed E-state index contributed by atoms with van der Waals surface area (Å²) < 4.78 is 0. The summed E-state index contributed by atoms with van der Waals surface area (Å²) in [5.41, 5.74) is 7.04. The molecule has 0 aromatic heterocycles. The van der Waals surface area contributed by atoms with Crippen molar-refractivity contribution in [1.82, 2.24) is 5.43 Å². The predicted octanol–water partition coefficient (Wildman–Crippen LogP) is 1.88. The third-order valence-corrected chi connectivity index (χ3v) is 2.26. The van der Waals surface area contributed by atoms with Crippen molar-refractivity contribution in [2.45, 2.75) is 12.8 Å². The number of nitrogens with zero attached hydrogens (tertiary/aromatic N) is 1. The molecule has 2 rings (SSSR count). The Bertz CT molecular complexity index is 423. The minimum absolute atomic E-state index is 0.124. The molecule has 4 heteroatoms. The minimum Gasteiger partial charge on any atom is -0.298 e. The third kappa shape index (κ3) is 2.70. The van der Waals surface area contributed by atoms with Gasteiger partial charge in [0.25, 0.3) is 5.91 Å². The van der Waals surface area contributed by atoms with Crippen molar-refractivity contribution in [2.75, 3.05) is 5.43 Å². The van der Waals surface area contributed by atoms with Gasteiger partial charge in [-0.1, -0.05) is 18.2 Å². The smallest absolute Gasteiger partial charge is 0.267 e. The molecule has 2 N–H and O–H groups in total. The molecule has 0 radical (unpaired) electrons. The predicted molar refractivity (Wildman–Crippen MR) is 64.0 cm³/mol. The Balaban J connectivity index is 1.89. The molecular formula is C12H13N3O. The monoisotopic (exact) mass is 215 g/mol. The summed E-state index contributed by atoms with van der Waals surface area (Å²) in [6.45, 7) is 0. The second-order valence-corrected chi connectivity index (χ2v) is 3.47. The Hall–Kier alpha value is -2.10. The number of carbonyl (C=O) groups is 1. The molecule has 0 fully saturated rings. The van der Waals surface area contributed by atoms with Crippen LogP contribution in [0, 0.1) is 0 Å². The van der Waals surface area contributed by atoms with E-state index in [0.29, 0.717) is 5.57 Å². The fourth-order valence-corrected chi connectivity index (χ4v) is 1.40. The molecule has 4 nitrogen and oxygen atoms in total. The maximum atomic E-state index is 11.7. The van der Waals surface area contributed by atoms with E-state index in [1.807, 2.05) is 30.3 Å². The lowest BCUT2D eigenvalue weighted by Crippen LogP contribution is -2.30. The van der Waals surface area contributed by atoms with Gasteiger partial charge in [-0.2, -0.15) is 0 Å².